The zero-order chi connectivity index (χ0) is 39.3. The molecule has 0 N–H and O–H groups in total. The highest BCUT2D eigenvalue weighted by molar-refractivity contribution is 6.21. The molecule has 2 heteroatoms. The summed E-state index contributed by atoms with van der Waals surface area (Å²) in [4.78, 5) is 0. The predicted molar refractivity (Wildman–Crippen MR) is 256 cm³/mol. The molecule has 13 aromatic rings. The van der Waals surface area contributed by atoms with Crippen LogP contribution in [0, 0.1) is 0 Å². The lowest BCUT2D eigenvalue weighted by molar-refractivity contribution is 1.18. The summed E-state index contributed by atoms with van der Waals surface area (Å²) in [6, 6.07) is 80.6. The summed E-state index contributed by atoms with van der Waals surface area (Å²) in [5.74, 6) is 0. The third-order valence-corrected chi connectivity index (χ3v) is 12.9. The molecule has 0 fully saturated rings. The van der Waals surface area contributed by atoms with E-state index in [1.165, 1.54) is 115 Å². The Morgan fingerprint density at radius 3 is 1.43 bits per heavy atom. The van der Waals surface area contributed by atoms with Crippen LogP contribution in [-0.2, 0) is 0 Å². The number of para-hydroxylation sites is 3. The minimum Gasteiger partial charge on any atom is -0.309 e. The number of rotatable bonds is 4. The van der Waals surface area contributed by atoms with Crippen molar-refractivity contribution in [2.24, 2.45) is 0 Å². The zero-order valence-electron chi connectivity index (χ0n) is 32.7. The lowest BCUT2D eigenvalue weighted by atomic mass is 9.90. The van der Waals surface area contributed by atoms with Crippen molar-refractivity contribution in [3.63, 3.8) is 0 Å². The van der Waals surface area contributed by atoms with Crippen molar-refractivity contribution in [1.82, 2.24) is 9.13 Å². The molecule has 0 atom stereocenters. The molecule has 0 amide bonds. The van der Waals surface area contributed by atoms with E-state index < -0.39 is 0 Å². The molecule has 0 saturated carbocycles. The Hall–Kier alpha value is -7.94. The van der Waals surface area contributed by atoms with Gasteiger partial charge in [0.05, 0.1) is 22.1 Å². The number of aromatic nitrogens is 2. The van der Waals surface area contributed by atoms with Crippen molar-refractivity contribution in [2.75, 3.05) is 0 Å². The second-order valence-electron chi connectivity index (χ2n) is 16.1. The number of hydrogen-bond acceptors (Lipinski definition) is 0. The molecule has 2 nitrogen and oxygen atoms in total. The lowest BCUT2D eigenvalue weighted by Gasteiger charge is -2.14. The molecule has 0 radical (unpaired) electrons. The lowest BCUT2D eigenvalue weighted by Crippen LogP contribution is -1.94. The minimum atomic E-state index is 1.16. The first-order valence-corrected chi connectivity index (χ1v) is 20.8. The Morgan fingerprint density at radius 1 is 0.217 bits per heavy atom. The van der Waals surface area contributed by atoms with Crippen molar-refractivity contribution < 1.29 is 0 Å². The van der Waals surface area contributed by atoms with E-state index in [2.05, 4.69) is 228 Å². The standard InChI is InChI=1S/C58H36N2/c1-2-13-43(14-3-1)59-55-20-10-8-18-49(55)53-34-40(26-30-57(53)59)41-27-31-58-54(35-41)50-19-9-11-21-56(50)60(58)44-28-24-38-32-42(23-22-39(38)33-44)51-36-52-45-15-5-4-12-37(45)25-29-48(52)46-16-6-7-17-47(46)51/h1-36H. The summed E-state index contributed by atoms with van der Waals surface area (Å²) >= 11 is 0. The molecule has 2 heterocycles. The van der Waals surface area contributed by atoms with E-state index in [0.29, 0.717) is 0 Å². The van der Waals surface area contributed by atoms with Gasteiger partial charge in [0.1, 0.15) is 0 Å². The Labute approximate surface area is 346 Å². The molecule has 0 unspecified atom stereocenters. The minimum absolute atomic E-state index is 1.16. The van der Waals surface area contributed by atoms with E-state index in [1.54, 1.807) is 0 Å². The van der Waals surface area contributed by atoms with E-state index in [-0.39, 0.29) is 0 Å². The van der Waals surface area contributed by atoms with E-state index in [9.17, 15) is 0 Å². The van der Waals surface area contributed by atoms with Crippen molar-refractivity contribution in [3.05, 3.63) is 218 Å². The molecule has 0 saturated heterocycles. The van der Waals surface area contributed by atoms with Crippen molar-refractivity contribution in [3.8, 4) is 33.6 Å². The Morgan fingerprint density at radius 2 is 0.717 bits per heavy atom. The molecule has 0 spiro atoms. The Bertz CT molecular complexity index is 3880. The third-order valence-electron chi connectivity index (χ3n) is 12.9. The van der Waals surface area contributed by atoms with Crippen LogP contribution in [0.25, 0.3) is 120 Å². The average Bonchev–Trinajstić information content (AvgIpc) is 3.83. The van der Waals surface area contributed by atoms with Crippen LogP contribution in [0.15, 0.2) is 218 Å². The summed E-state index contributed by atoms with van der Waals surface area (Å²) in [6.07, 6.45) is 0. The van der Waals surface area contributed by atoms with Crippen LogP contribution in [-0.4, -0.2) is 9.13 Å². The number of benzene rings is 11. The van der Waals surface area contributed by atoms with Gasteiger partial charge in [-0.1, -0.05) is 146 Å². The highest BCUT2D eigenvalue weighted by Gasteiger charge is 2.17. The highest BCUT2D eigenvalue weighted by atomic mass is 15.0. The van der Waals surface area contributed by atoms with Gasteiger partial charge >= 0.3 is 0 Å². The Kier molecular flexibility index (Phi) is 7.05. The molecule has 2 aromatic heterocycles. The van der Waals surface area contributed by atoms with Gasteiger partial charge < -0.3 is 9.13 Å². The molecule has 11 aromatic carbocycles. The van der Waals surface area contributed by atoms with E-state index >= 15 is 0 Å². The fourth-order valence-corrected chi connectivity index (χ4v) is 10.1. The van der Waals surface area contributed by atoms with Gasteiger partial charge in [0.15, 0.2) is 0 Å². The van der Waals surface area contributed by atoms with Crippen molar-refractivity contribution in [1.29, 1.82) is 0 Å². The van der Waals surface area contributed by atoms with Crippen LogP contribution in [0.1, 0.15) is 0 Å². The van der Waals surface area contributed by atoms with Crippen LogP contribution in [0.3, 0.4) is 0 Å². The quantitative estimate of drug-likeness (QED) is 0.158. The summed E-state index contributed by atoms with van der Waals surface area (Å²) in [6.45, 7) is 0. The van der Waals surface area contributed by atoms with Gasteiger partial charge in [-0.05, 0) is 138 Å². The molecule has 13 rings (SSSR count). The summed E-state index contributed by atoms with van der Waals surface area (Å²) in [7, 11) is 0. The zero-order valence-corrected chi connectivity index (χ0v) is 32.7. The molecular formula is C58H36N2. The van der Waals surface area contributed by atoms with Crippen molar-refractivity contribution in [2.45, 2.75) is 0 Å². The highest BCUT2D eigenvalue weighted by Crippen LogP contribution is 2.41. The maximum absolute atomic E-state index is 2.43. The second kappa shape index (κ2) is 12.8. The van der Waals surface area contributed by atoms with Gasteiger partial charge in [-0.25, -0.2) is 0 Å². The number of nitrogens with zero attached hydrogens (tertiary/aromatic N) is 2. The van der Waals surface area contributed by atoms with Gasteiger partial charge in [-0.15, -0.1) is 0 Å². The van der Waals surface area contributed by atoms with Crippen LogP contribution < -0.4 is 0 Å². The first-order valence-electron chi connectivity index (χ1n) is 20.8. The summed E-state index contributed by atoms with van der Waals surface area (Å²) in [5.41, 5.74) is 12.1. The fourth-order valence-electron chi connectivity index (χ4n) is 10.1. The Balaban J connectivity index is 0.931. The van der Waals surface area contributed by atoms with Gasteiger partial charge in [0, 0.05) is 32.9 Å². The van der Waals surface area contributed by atoms with E-state index in [1.807, 2.05) is 0 Å². The van der Waals surface area contributed by atoms with Gasteiger partial charge in [-0.3, -0.25) is 0 Å². The van der Waals surface area contributed by atoms with Crippen LogP contribution in [0.4, 0.5) is 0 Å². The third kappa shape index (κ3) is 4.88. The SMILES string of the molecule is c1ccc(-n2c3ccccc3c3cc(-c4ccc5c(c4)c4ccccc4n5-c4ccc5cc(-c6cc7c8ccccc8ccc7c7ccccc67)ccc5c4)ccc32)cc1. The fraction of sp³-hybridized carbons (Fsp3) is 0. The molecule has 60 heavy (non-hydrogen) atoms. The van der Waals surface area contributed by atoms with E-state index in [4.69, 9.17) is 0 Å². The first kappa shape index (κ1) is 33.1. The normalized spacial score (nSPS) is 12.0. The number of hydrogen-bond donors (Lipinski definition) is 0. The topological polar surface area (TPSA) is 9.86 Å². The number of fused-ring (bicyclic) bond motifs is 12. The van der Waals surface area contributed by atoms with Gasteiger partial charge in [0.2, 0.25) is 0 Å². The van der Waals surface area contributed by atoms with Crippen molar-refractivity contribution >= 4 is 86.7 Å². The van der Waals surface area contributed by atoms with Crippen LogP contribution in [0.2, 0.25) is 0 Å². The van der Waals surface area contributed by atoms with Gasteiger partial charge in [-0.2, -0.15) is 0 Å². The molecule has 0 aliphatic rings. The van der Waals surface area contributed by atoms with Crippen LogP contribution in [0.5, 0.6) is 0 Å². The maximum atomic E-state index is 2.43. The summed E-state index contributed by atoms with van der Waals surface area (Å²) < 4.78 is 4.81. The predicted octanol–water partition coefficient (Wildman–Crippen LogP) is 15.8. The van der Waals surface area contributed by atoms with Gasteiger partial charge in [0.25, 0.3) is 0 Å². The molecule has 278 valence electrons. The largest absolute Gasteiger partial charge is 0.309 e. The average molecular weight is 761 g/mol. The maximum Gasteiger partial charge on any atom is 0.0541 e. The van der Waals surface area contributed by atoms with E-state index in [0.717, 1.165) is 5.69 Å². The summed E-state index contributed by atoms with van der Waals surface area (Å²) in [5, 5.41) is 15.2. The smallest absolute Gasteiger partial charge is 0.0541 e. The second-order valence-corrected chi connectivity index (χ2v) is 16.1. The molecule has 0 aliphatic carbocycles. The monoisotopic (exact) mass is 760 g/mol. The molecule has 0 bridgehead atoms. The van der Waals surface area contributed by atoms with Crippen LogP contribution >= 0.6 is 0 Å². The molecule has 0 aliphatic heterocycles. The first-order chi connectivity index (χ1) is 29.7. The molecular weight excluding hydrogens is 725 g/mol.